The van der Waals surface area contributed by atoms with Crippen LogP contribution in [-0.2, 0) is 0 Å². The minimum absolute atomic E-state index is 0.306. The van der Waals surface area contributed by atoms with Crippen LogP contribution in [0.25, 0.3) is 0 Å². The van der Waals surface area contributed by atoms with Crippen LogP contribution in [0.2, 0.25) is 5.15 Å². The van der Waals surface area contributed by atoms with Crippen molar-refractivity contribution in [2.24, 2.45) is 5.10 Å². The molecule has 4 nitrogen and oxygen atoms in total. The van der Waals surface area contributed by atoms with Crippen molar-refractivity contribution in [3.8, 4) is 0 Å². The summed E-state index contributed by atoms with van der Waals surface area (Å²) >= 11 is 5.77. The van der Waals surface area contributed by atoms with Crippen LogP contribution in [0.15, 0.2) is 35.4 Å². The second-order valence-electron chi connectivity index (χ2n) is 3.55. The zero-order valence-corrected chi connectivity index (χ0v) is 10.3. The number of anilines is 1. The Morgan fingerprint density at radius 1 is 1.33 bits per heavy atom. The smallest absolute Gasteiger partial charge is 0.151 e. The first kappa shape index (κ1) is 12.4. The Morgan fingerprint density at radius 3 is 2.89 bits per heavy atom. The lowest BCUT2D eigenvalue weighted by Gasteiger charge is -2.00. The first-order valence-electron chi connectivity index (χ1n) is 5.19. The number of nitrogens with zero attached hydrogens (tertiary/aromatic N) is 3. The molecule has 1 heterocycles. The maximum Gasteiger partial charge on any atom is 0.151 e. The molecule has 0 aliphatic heterocycles. The number of rotatable bonds is 3. The van der Waals surface area contributed by atoms with E-state index in [0.717, 1.165) is 0 Å². The van der Waals surface area contributed by atoms with Crippen LogP contribution in [0.1, 0.15) is 11.4 Å². The van der Waals surface area contributed by atoms with Gasteiger partial charge in [0, 0.05) is 6.07 Å². The van der Waals surface area contributed by atoms with Crippen molar-refractivity contribution in [3.05, 3.63) is 52.7 Å². The van der Waals surface area contributed by atoms with Gasteiger partial charge in [0.15, 0.2) is 5.82 Å². The van der Waals surface area contributed by atoms with Gasteiger partial charge in [-0.2, -0.15) is 5.10 Å². The van der Waals surface area contributed by atoms with Gasteiger partial charge in [-0.05, 0) is 24.6 Å². The molecule has 1 N–H and O–H groups in total. The van der Waals surface area contributed by atoms with Gasteiger partial charge >= 0.3 is 0 Å². The fraction of sp³-hybridized carbons (Fsp3) is 0.0833. The predicted octanol–water partition coefficient (Wildman–Crippen LogP) is 3.02. The Hall–Kier alpha value is -2.01. The third-order valence-corrected chi connectivity index (χ3v) is 2.24. The highest BCUT2D eigenvalue weighted by Crippen LogP contribution is 2.10. The Labute approximate surface area is 109 Å². The Morgan fingerprint density at radius 2 is 2.17 bits per heavy atom. The number of halogens is 2. The van der Waals surface area contributed by atoms with E-state index in [1.54, 1.807) is 25.1 Å². The molecule has 2 rings (SSSR count). The second kappa shape index (κ2) is 5.55. The molecule has 0 fully saturated rings. The van der Waals surface area contributed by atoms with E-state index >= 15 is 0 Å². The summed E-state index contributed by atoms with van der Waals surface area (Å²) in [6, 6.07) is 7.66. The third-order valence-electron chi connectivity index (χ3n) is 2.05. The number of nitrogens with one attached hydrogen (secondary N) is 1. The number of hydrogen-bond acceptors (Lipinski definition) is 4. The van der Waals surface area contributed by atoms with Crippen molar-refractivity contribution in [1.29, 1.82) is 0 Å². The monoisotopic (exact) mass is 264 g/mol. The fourth-order valence-electron chi connectivity index (χ4n) is 1.35. The summed E-state index contributed by atoms with van der Waals surface area (Å²) in [7, 11) is 0. The van der Waals surface area contributed by atoms with Gasteiger partial charge in [-0.15, -0.1) is 0 Å². The molecule has 0 bridgehead atoms. The molecule has 0 aliphatic rings. The zero-order chi connectivity index (χ0) is 13.0. The number of aryl methyl sites for hydroxylation is 1. The largest absolute Gasteiger partial charge is 0.261 e. The summed E-state index contributed by atoms with van der Waals surface area (Å²) in [6.45, 7) is 1.73. The minimum Gasteiger partial charge on any atom is -0.261 e. The van der Waals surface area contributed by atoms with Gasteiger partial charge in [-0.25, -0.2) is 14.4 Å². The second-order valence-corrected chi connectivity index (χ2v) is 3.94. The third kappa shape index (κ3) is 3.49. The molecular formula is C12H10ClFN4. The van der Waals surface area contributed by atoms with E-state index in [1.807, 2.05) is 0 Å². The molecule has 0 aliphatic carbocycles. The summed E-state index contributed by atoms with van der Waals surface area (Å²) in [5.41, 5.74) is 3.36. The molecule has 6 heteroatoms. The molecule has 0 saturated carbocycles. The zero-order valence-electron chi connectivity index (χ0n) is 9.56. The summed E-state index contributed by atoms with van der Waals surface area (Å²) in [5, 5.41) is 4.28. The van der Waals surface area contributed by atoms with Crippen molar-refractivity contribution in [1.82, 2.24) is 9.97 Å². The molecule has 0 unspecified atom stereocenters. The highest BCUT2D eigenvalue weighted by molar-refractivity contribution is 6.29. The van der Waals surface area contributed by atoms with Crippen LogP contribution in [0.3, 0.4) is 0 Å². The van der Waals surface area contributed by atoms with Crippen LogP contribution in [0, 0.1) is 12.7 Å². The van der Waals surface area contributed by atoms with E-state index in [2.05, 4.69) is 20.5 Å². The van der Waals surface area contributed by atoms with Gasteiger partial charge in [0.25, 0.3) is 0 Å². The van der Waals surface area contributed by atoms with Crippen molar-refractivity contribution in [2.45, 2.75) is 6.92 Å². The summed E-state index contributed by atoms with van der Waals surface area (Å²) in [6.07, 6.45) is 1.49. The highest BCUT2D eigenvalue weighted by atomic mass is 35.5. The molecule has 1 aromatic carbocycles. The van der Waals surface area contributed by atoms with Crippen molar-refractivity contribution < 1.29 is 4.39 Å². The van der Waals surface area contributed by atoms with Gasteiger partial charge in [0.2, 0.25) is 0 Å². The van der Waals surface area contributed by atoms with Crippen LogP contribution >= 0.6 is 11.6 Å². The van der Waals surface area contributed by atoms with Crippen molar-refractivity contribution in [2.75, 3.05) is 5.43 Å². The average Bonchev–Trinajstić information content (AvgIpc) is 2.27. The Kier molecular flexibility index (Phi) is 3.84. The number of aromatic nitrogens is 2. The Balaban J connectivity index is 2.07. The average molecular weight is 265 g/mol. The van der Waals surface area contributed by atoms with Crippen molar-refractivity contribution in [3.63, 3.8) is 0 Å². The maximum absolute atomic E-state index is 12.9. The van der Waals surface area contributed by atoms with Gasteiger partial charge in [-0.1, -0.05) is 23.7 Å². The molecule has 0 spiro atoms. The number of hydrazone groups is 1. The molecule has 0 atom stereocenters. The van der Waals surface area contributed by atoms with Crippen LogP contribution in [0.5, 0.6) is 0 Å². The first-order valence-corrected chi connectivity index (χ1v) is 5.57. The molecule has 18 heavy (non-hydrogen) atoms. The summed E-state index contributed by atoms with van der Waals surface area (Å²) < 4.78 is 12.9. The van der Waals surface area contributed by atoms with E-state index in [1.165, 1.54) is 18.3 Å². The molecular weight excluding hydrogens is 255 g/mol. The molecule has 1 aromatic heterocycles. The van der Waals surface area contributed by atoms with Crippen molar-refractivity contribution >= 4 is 23.6 Å². The van der Waals surface area contributed by atoms with E-state index in [9.17, 15) is 4.39 Å². The topological polar surface area (TPSA) is 50.2 Å². The van der Waals surface area contributed by atoms with E-state index in [4.69, 9.17) is 11.6 Å². The van der Waals surface area contributed by atoms with E-state index < -0.39 is 0 Å². The molecule has 0 saturated heterocycles. The maximum atomic E-state index is 12.9. The fourth-order valence-corrected chi connectivity index (χ4v) is 1.57. The van der Waals surface area contributed by atoms with Gasteiger partial charge < -0.3 is 0 Å². The normalized spacial score (nSPS) is 10.8. The lowest BCUT2D eigenvalue weighted by atomic mass is 10.2. The van der Waals surface area contributed by atoms with E-state index in [-0.39, 0.29) is 5.82 Å². The standard InChI is InChI=1S/C12H10ClFN4/c1-8-16-11(13)6-12(17-8)18-15-7-9-3-2-4-10(14)5-9/h2-7H,1H3,(H,16,17,18)/b15-7-. The minimum atomic E-state index is -0.306. The summed E-state index contributed by atoms with van der Waals surface area (Å²) in [4.78, 5) is 8.01. The first-order chi connectivity index (χ1) is 8.63. The van der Waals surface area contributed by atoms with Gasteiger partial charge in [-0.3, -0.25) is 5.43 Å². The molecule has 0 radical (unpaired) electrons. The van der Waals surface area contributed by atoms with Crippen LogP contribution in [0.4, 0.5) is 10.2 Å². The van der Waals surface area contributed by atoms with Crippen LogP contribution < -0.4 is 5.43 Å². The quantitative estimate of drug-likeness (QED) is 0.527. The lowest BCUT2D eigenvalue weighted by Crippen LogP contribution is -1.97. The lowest BCUT2D eigenvalue weighted by molar-refractivity contribution is 0.627. The molecule has 92 valence electrons. The van der Waals surface area contributed by atoms with Crippen LogP contribution in [-0.4, -0.2) is 16.2 Å². The Bertz CT molecular complexity index is 566. The molecule has 2 aromatic rings. The SMILES string of the molecule is Cc1nc(Cl)cc(N/N=C\c2cccc(F)c2)n1. The molecule has 0 amide bonds. The number of benzene rings is 1. The van der Waals surface area contributed by atoms with Gasteiger partial charge in [0.05, 0.1) is 6.21 Å². The van der Waals surface area contributed by atoms with E-state index in [0.29, 0.717) is 22.4 Å². The number of hydrogen-bond donors (Lipinski definition) is 1. The predicted molar refractivity (Wildman–Crippen MR) is 69.4 cm³/mol. The van der Waals surface area contributed by atoms with Gasteiger partial charge in [0.1, 0.15) is 16.8 Å². The highest BCUT2D eigenvalue weighted by Gasteiger charge is 1.97. The summed E-state index contributed by atoms with van der Waals surface area (Å²) in [5.74, 6) is 0.728.